The molecule has 0 amide bonds. The zero-order chi connectivity index (χ0) is 12.3. The zero-order valence-corrected chi connectivity index (χ0v) is 8.79. The largest absolute Gasteiger partial charge is 0.485 e. The fraction of sp³-hybridized carbons (Fsp3) is 0.0909. The lowest BCUT2D eigenvalue weighted by Crippen LogP contribution is -2.02. The van der Waals surface area contributed by atoms with Crippen molar-refractivity contribution in [2.75, 3.05) is 5.73 Å². The Bertz CT molecular complexity index is 522. The molecule has 6 nitrogen and oxygen atoms in total. The molecule has 1 aromatic heterocycles. The summed E-state index contributed by atoms with van der Waals surface area (Å²) in [5, 5.41) is 12.4. The van der Waals surface area contributed by atoms with Crippen molar-refractivity contribution in [3.05, 3.63) is 41.8 Å². The first kappa shape index (κ1) is 11.0. The van der Waals surface area contributed by atoms with Gasteiger partial charge in [0.15, 0.2) is 0 Å². The van der Waals surface area contributed by atoms with Crippen molar-refractivity contribution in [3.63, 3.8) is 0 Å². The molecule has 0 aliphatic rings. The summed E-state index contributed by atoms with van der Waals surface area (Å²) in [5.41, 5.74) is 6.69. The molecule has 2 rings (SSSR count). The fourth-order valence-corrected chi connectivity index (χ4v) is 1.28. The van der Waals surface area contributed by atoms with Gasteiger partial charge in [0.25, 0.3) is 0 Å². The van der Waals surface area contributed by atoms with Crippen LogP contribution in [0.4, 0.5) is 5.69 Å². The molecule has 0 aliphatic carbocycles. The topological polar surface area (TPSA) is 98.6 Å². The second-order valence-electron chi connectivity index (χ2n) is 3.34. The normalized spacial score (nSPS) is 10.1. The van der Waals surface area contributed by atoms with Crippen molar-refractivity contribution in [2.45, 2.75) is 6.61 Å². The molecular formula is C11H10N2O4. The lowest BCUT2D eigenvalue weighted by molar-refractivity contribution is 0.0697. The van der Waals surface area contributed by atoms with Gasteiger partial charge in [-0.1, -0.05) is 5.16 Å². The Kier molecular flexibility index (Phi) is 2.95. The highest BCUT2D eigenvalue weighted by molar-refractivity contribution is 5.89. The predicted octanol–water partition coefficient (Wildman–Crippen LogP) is 1.53. The number of aromatic carboxylic acids is 1. The second kappa shape index (κ2) is 4.56. The lowest BCUT2D eigenvalue weighted by Gasteiger charge is -2.07. The molecule has 2 aromatic rings. The van der Waals surface area contributed by atoms with Gasteiger partial charge in [-0.15, -0.1) is 0 Å². The summed E-state index contributed by atoms with van der Waals surface area (Å²) in [7, 11) is 0. The van der Waals surface area contributed by atoms with E-state index in [0.717, 1.165) is 0 Å². The summed E-state index contributed by atoms with van der Waals surface area (Å²) in [6.07, 6.45) is 1.44. The van der Waals surface area contributed by atoms with Crippen LogP contribution in [0.1, 0.15) is 16.1 Å². The van der Waals surface area contributed by atoms with Gasteiger partial charge in [-0.05, 0) is 18.2 Å². The highest BCUT2D eigenvalue weighted by Crippen LogP contribution is 2.23. The van der Waals surface area contributed by atoms with Gasteiger partial charge in [-0.25, -0.2) is 4.79 Å². The molecule has 0 unspecified atom stereocenters. The van der Waals surface area contributed by atoms with E-state index in [4.69, 9.17) is 15.6 Å². The third-order valence-electron chi connectivity index (χ3n) is 2.12. The number of nitrogens with two attached hydrogens (primary N) is 1. The van der Waals surface area contributed by atoms with E-state index in [1.807, 2.05) is 0 Å². The van der Waals surface area contributed by atoms with Crippen molar-refractivity contribution in [3.8, 4) is 5.75 Å². The van der Waals surface area contributed by atoms with Crippen LogP contribution in [0.25, 0.3) is 0 Å². The molecule has 1 heterocycles. The average molecular weight is 234 g/mol. The quantitative estimate of drug-likeness (QED) is 0.778. The third kappa shape index (κ3) is 2.54. The van der Waals surface area contributed by atoms with E-state index in [9.17, 15) is 4.79 Å². The first-order valence-electron chi connectivity index (χ1n) is 4.81. The van der Waals surface area contributed by atoms with Gasteiger partial charge in [0.1, 0.15) is 24.3 Å². The molecule has 0 saturated heterocycles. The van der Waals surface area contributed by atoms with E-state index in [1.165, 1.54) is 24.5 Å². The molecule has 0 spiro atoms. The Morgan fingerprint density at radius 3 is 2.88 bits per heavy atom. The predicted molar refractivity (Wildman–Crippen MR) is 58.6 cm³/mol. The maximum absolute atomic E-state index is 10.7. The van der Waals surface area contributed by atoms with Crippen molar-refractivity contribution in [1.82, 2.24) is 5.16 Å². The van der Waals surface area contributed by atoms with Crippen LogP contribution >= 0.6 is 0 Å². The van der Waals surface area contributed by atoms with Crippen molar-refractivity contribution in [2.24, 2.45) is 0 Å². The number of ether oxygens (including phenoxy) is 1. The minimum Gasteiger partial charge on any atom is -0.485 e. The van der Waals surface area contributed by atoms with Gasteiger partial charge >= 0.3 is 5.97 Å². The van der Waals surface area contributed by atoms with Gasteiger partial charge in [-0.3, -0.25) is 0 Å². The minimum absolute atomic E-state index is 0.122. The maximum Gasteiger partial charge on any atom is 0.335 e. The first-order valence-corrected chi connectivity index (χ1v) is 4.81. The molecule has 88 valence electrons. The minimum atomic E-state index is -1.03. The van der Waals surface area contributed by atoms with Crippen LogP contribution in [0.5, 0.6) is 5.75 Å². The molecule has 0 saturated carbocycles. The molecule has 17 heavy (non-hydrogen) atoms. The van der Waals surface area contributed by atoms with E-state index in [2.05, 4.69) is 9.68 Å². The average Bonchev–Trinajstić information content (AvgIpc) is 2.80. The molecule has 3 N–H and O–H groups in total. The number of carboxylic acids is 1. The summed E-state index contributed by atoms with van der Waals surface area (Å²) < 4.78 is 10.0. The van der Waals surface area contributed by atoms with E-state index >= 15 is 0 Å². The van der Waals surface area contributed by atoms with Crippen LogP contribution in [0.15, 0.2) is 35.1 Å². The molecule has 0 aliphatic heterocycles. The number of carbonyl (C=O) groups is 1. The lowest BCUT2D eigenvalue weighted by atomic mass is 10.2. The van der Waals surface area contributed by atoms with Crippen molar-refractivity contribution in [1.29, 1.82) is 0 Å². The van der Waals surface area contributed by atoms with Gasteiger partial charge < -0.3 is 20.1 Å². The number of aromatic nitrogens is 1. The van der Waals surface area contributed by atoms with Crippen molar-refractivity contribution < 1.29 is 19.2 Å². The summed E-state index contributed by atoms with van der Waals surface area (Å²) in [4.78, 5) is 10.7. The summed E-state index contributed by atoms with van der Waals surface area (Å²) in [6, 6.07) is 5.96. The Morgan fingerprint density at radius 1 is 1.47 bits per heavy atom. The molecule has 0 radical (unpaired) electrons. The third-order valence-corrected chi connectivity index (χ3v) is 2.12. The highest BCUT2D eigenvalue weighted by atomic mass is 16.5. The monoisotopic (exact) mass is 234 g/mol. The Labute approximate surface area is 96.6 Å². The van der Waals surface area contributed by atoms with Gasteiger partial charge in [0.2, 0.25) is 0 Å². The maximum atomic E-state index is 10.7. The Balaban J connectivity index is 2.09. The number of hydrogen-bond acceptors (Lipinski definition) is 5. The highest BCUT2D eigenvalue weighted by Gasteiger charge is 2.07. The summed E-state index contributed by atoms with van der Waals surface area (Å²) in [6.45, 7) is 0.215. The SMILES string of the molecule is Nc1cc(C(=O)O)ccc1OCc1ccon1. The number of nitrogen functional groups attached to an aromatic ring is 1. The zero-order valence-electron chi connectivity index (χ0n) is 8.79. The van der Waals surface area contributed by atoms with E-state index < -0.39 is 5.97 Å². The molecule has 0 atom stereocenters. The Hall–Kier alpha value is -2.50. The second-order valence-corrected chi connectivity index (χ2v) is 3.34. The molecule has 0 bridgehead atoms. The van der Waals surface area contributed by atoms with Crippen LogP contribution < -0.4 is 10.5 Å². The molecular weight excluding hydrogens is 224 g/mol. The van der Waals surface area contributed by atoms with Gasteiger partial charge in [0.05, 0.1) is 11.3 Å². The first-order chi connectivity index (χ1) is 8.16. The van der Waals surface area contributed by atoms with Gasteiger partial charge in [-0.2, -0.15) is 0 Å². The number of nitrogens with zero attached hydrogens (tertiary/aromatic N) is 1. The number of carboxylic acid groups (broad SMARTS) is 1. The number of hydrogen-bond donors (Lipinski definition) is 2. The van der Waals surface area contributed by atoms with E-state index in [-0.39, 0.29) is 17.9 Å². The van der Waals surface area contributed by atoms with E-state index in [1.54, 1.807) is 6.07 Å². The smallest absolute Gasteiger partial charge is 0.335 e. The molecule has 1 aromatic carbocycles. The van der Waals surface area contributed by atoms with Crippen LogP contribution in [0.2, 0.25) is 0 Å². The van der Waals surface area contributed by atoms with E-state index in [0.29, 0.717) is 11.4 Å². The van der Waals surface area contributed by atoms with Gasteiger partial charge in [0, 0.05) is 6.07 Å². The van der Waals surface area contributed by atoms with Crippen LogP contribution in [0, 0.1) is 0 Å². The number of rotatable bonds is 4. The van der Waals surface area contributed by atoms with Crippen molar-refractivity contribution >= 4 is 11.7 Å². The molecule has 0 fully saturated rings. The van der Waals surface area contributed by atoms with Crippen LogP contribution in [0.3, 0.4) is 0 Å². The summed E-state index contributed by atoms with van der Waals surface area (Å²) in [5.74, 6) is -0.613. The summed E-state index contributed by atoms with van der Waals surface area (Å²) >= 11 is 0. The fourth-order valence-electron chi connectivity index (χ4n) is 1.28. The molecule has 6 heteroatoms. The standard InChI is InChI=1S/C11H10N2O4/c12-9-5-7(11(14)15)1-2-10(9)16-6-8-3-4-17-13-8/h1-5H,6,12H2,(H,14,15). The van der Waals surface area contributed by atoms with Crippen LogP contribution in [-0.4, -0.2) is 16.2 Å². The number of benzene rings is 1. The Morgan fingerprint density at radius 2 is 2.29 bits per heavy atom. The van der Waals surface area contributed by atoms with Crippen LogP contribution in [-0.2, 0) is 6.61 Å². The number of anilines is 1.